The zero-order valence-electron chi connectivity index (χ0n) is 15.0. The van der Waals surface area contributed by atoms with E-state index in [2.05, 4.69) is 30.9 Å². The van der Waals surface area contributed by atoms with Crippen LogP contribution in [0.4, 0.5) is 0 Å². The molecule has 25 heavy (non-hydrogen) atoms. The minimum Gasteiger partial charge on any atom is -0.507 e. The fourth-order valence-electron chi connectivity index (χ4n) is 3.31. The van der Waals surface area contributed by atoms with Crippen molar-refractivity contribution in [3.8, 4) is 5.75 Å². The molecule has 4 nitrogen and oxygen atoms in total. The molecule has 132 valence electrons. The fraction of sp³-hybridized carbons (Fsp3) is 0.381. The molecular formula is C21H26N2O2. The predicted molar refractivity (Wildman–Crippen MR) is 100.0 cm³/mol. The lowest BCUT2D eigenvalue weighted by atomic mass is 10.0. The number of aromatic hydroxyl groups is 1. The van der Waals surface area contributed by atoms with Gasteiger partial charge in [-0.15, -0.1) is 0 Å². The van der Waals surface area contributed by atoms with Crippen molar-refractivity contribution in [3.05, 3.63) is 65.2 Å². The molecule has 1 N–H and O–H groups in total. The lowest BCUT2D eigenvalue weighted by molar-refractivity contribution is 0.0592. The highest BCUT2D eigenvalue weighted by Crippen LogP contribution is 2.23. The third-order valence-electron chi connectivity index (χ3n) is 4.87. The third-order valence-corrected chi connectivity index (χ3v) is 4.87. The van der Waals surface area contributed by atoms with Gasteiger partial charge in [0, 0.05) is 32.2 Å². The molecule has 1 fully saturated rings. The Morgan fingerprint density at radius 3 is 2.32 bits per heavy atom. The van der Waals surface area contributed by atoms with Crippen LogP contribution < -0.4 is 0 Å². The monoisotopic (exact) mass is 338 g/mol. The molecule has 1 aliphatic rings. The average Bonchev–Trinajstić information content (AvgIpc) is 2.63. The minimum absolute atomic E-state index is 0.0631. The van der Waals surface area contributed by atoms with Gasteiger partial charge in [0.25, 0.3) is 5.91 Å². The molecule has 4 heteroatoms. The highest BCUT2D eigenvalue weighted by Gasteiger charge is 2.25. The Hall–Kier alpha value is -2.33. The molecule has 0 bridgehead atoms. The summed E-state index contributed by atoms with van der Waals surface area (Å²) in [6.45, 7) is 7.53. The van der Waals surface area contributed by atoms with E-state index in [9.17, 15) is 9.90 Å². The topological polar surface area (TPSA) is 43.8 Å². The van der Waals surface area contributed by atoms with E-state index in [4.69, 9.17) is 0 Å². The highest BCUT2D eigenvalue weighted by atomic mass is 16.3. The lowest BCUT2D eigenvalue weighted by Gasteiger charge is -2.37. The van der Waals surface area contributed by atoms with Crippen LogP contribution in [0.25, 0.3) is 0 Å². The number of hydrogen-bond donors (Lipinski definition) is 1. The van der Waals surface area contributed by atoms with Crippen LogP contribution in [0.2, 0.25) is 0 Å². The van der Waals surface area contributed by atoms with Crippen LogP contribution >= 0.6 is 0 Å². The van der Waals surface area contributed by atoms with Gasteiger partial charge in [-0.05, 0) is 43.5 Å². The van der Waals surface area contributed by atoms with Crippen LogP contribution in [-0.4, -0.2) is 53.0 Å². The number of benzene rings is 2. The van der Waals surface area contributed by atoms with Crippen LogP contribution in [0, 0.1) is 0 Å². The molecule has 2 aromatic rings. The second-order valence-corrected chi connectivity index (χ2v) is 6.94. The fourth-order valence-corrected chi connectivity index (χ4v) is 3.31. The van der Waals surface area contributed by atoms with E-state index in [0.717, 1.165) is 25.1 Å². The standard InChI is InChI=1S/C21H26N2O2/c1-16(2)22-10-12-23(13-11-22)21(25)19-15-18(8-9-20(19)24)14-17-6-4-3-5-7-17/h3-9,15-16,24H,10-14H2,1-2H3. The molecular weight excluding hydrogens is 312 g/mol. The molecule has 1 heterocycles. The summed E-state index contributed by atoms with van der Waals surface area (Å²) in [5.41, 5.74) is 2.64. The normalized spacial score (nSPS) is 15.6. The zero-order chi connectivity index (χ0) is 17.8. The van der Waals surface area contributed by atoms with Gasteiger partial charge in [0.05, 0.1) is 5.56 Å². The Labute approximate surface area is 149 Å². The maximum atomic E-state index is 12.8. The lowest BCUT2D eigenvalue weighted by Crippen LogP contribution is -2.50. The van der Waals surface area contributed by atoms with E-state index in [1.807, 2.05) is 35.2 Å². The summed E-state index contributed by atoms with van der Waals surface area (Å²) in [5, 5.41) is 10.2. The Morgan fingerprint density at radius 1 is 1.00 bits per heavy atom. The molecule has 0 aliphatic carbocycles. The van der Waals surface area contributed by atoms with Gasteiger partial charge < -0.3 is 10.0 Å². The van der Waals surface area contributed by atoms with E-state index in [-0.39, 0.29) is 11.7 Å². The number of rotatable bonds is 4. The Balaban J connectivity index is 1.73. The van der Waals surface area contributed by atoms with Gasteiger partial charge in [-0.1, -0.05) is 36.4 Å². The van der Waals surface area contributed by atoms with Gasteiger partial charge in [-0.2, -0.15) is 0 Å². The number of phenols is 1. The van der Waals surface area contributed by atoms with Crippen molar-refractivity contribution in [2.45, 2.75) is 26.3 Å². The summed E-state index contributed by atoms with van der Waals surface area (Å²) in [4.78, 5) is 17.1. The molecule has 2 aromatic carbocycles. The summed E-state index contributed by atoms with van der Waals surface area (Å²) < 4.78 is 0. The number of hydrogen-bond acceptors (Lipinski definition) is 3. The first-order chi connectivity index (χ1) is 12.0. The average molecular weight is 338 g/mol. The summed E-state index contributed by atoms with van der Waals surface area (Å²) in [6, 6.07) is 16.0. The van der Waals surface area contributed by atoms with Crippen molar-refractivity contribution in [2.24, 2.45) is 0 Å². The Kier molecular flexibility index (Phi) is 5.39. The summed E-state index contributed by atoms with van der Waals surface area (Å²) >= 11 is 0. The van der Waals surface area contributed by atoms with Crippen LogP contribution in [0.1, 0.15) is 35.3 Å². The number of amides is 1. The molecule has 0 spiro atoms. The Bertz CT molecular complexity index is 720. The van der Waals surface area contributed by atoms with Crippen LogP contribution in [0.15, 0.2) is 48.5 Å². The third kappa shape index (κ3) is 4.20. The van der Waals surface area contributed by atoms with E-state index < -0.39 is 0 Å². The summed E-state index contributed by atoms with van der Waals surface area (Å²) in [7, 11) is 0. The smallest absolute Gasteiger partial charge is 0.257 e. The first-order valence-electron chi connectivity index (χ1n) is 8.93. The Morgan fingerprint density at radius 2 is 1.68 bits per heavy atom. The first kappa shape index (κ1) is 17.5. The summed E-state index contributed by atoms with van der Waals surface area (Å²) in [5.74, 6) is -0.0103. The SMILES string of the molecule is CC(C)N1CCN(C(=O)c2cc(Cc3ccccc3)ccc2O)CC1. The van der Waals surface area contributed by atoms with E-state index in [1.165, 1.54) is 5.56 Å². The van der Waals surface area contributed by atoms with Crippen molar-refractivity contribution >= 4 is 5.91 Å². The van der Waals surface area contributed by atoms with Crippen molar-refractivity contribution < 1.29 is 9.90 Å². The molecule has 1 saturated heterocycles. The number of nitrogens with zero attached hydrogens (tertiary/aromatic N) is 2. The zero-order valence-corrected chi connectivity index (χ0v) is 15.0. The maximum absolute atomic E-state index is 12.8. The second-order valence-electron chi connectivity index (χ2n) is 6.94. The van der Waals surface area contributed by atoms with Crippen LogP contribution in [0.5, 0.6) is 5.75 Å². The predicted octanol–water partition coefficient (Wildman–Crippen LogP) is 3.15. The second kappa shape index (κ2) is 7.70. The molecule has 1 aliphatic heterocycles. The van der Waals surface area contributed by atoms with Crippen LogP contribution in [-0.2, 0) is 6.42 Å². The van der Waals surface area contributed by atoms with Gasteiger partial charge in [0.1, 0.15) is 5.75 Å². The van der Waals surface area contributed by atoms with Crippen molar-refractivity contribution in [2.75, 3.05) is 26.2 Å². The largest absolute Gasteiger partial charge is 0.507 e. The molecule has 0 radical (unpaired) electrons. The van der Waals surface area contributed by atoms with Gasteiger partial charge in [-0.3, -0.25) is 9.69 Å². The minimum atomic E-state index is -0.0733. The van der Waals surface area contributed by atoms with E-state index >= 15 is 0 Å². The summed E-state index contributed by atoms with van der Waals surface area (Å²) in [6.07, 6.45) is 0.753. The van der Waals surface area contributed by atoms with Crippen molar-refractivity contribution in [1.82, 2.24) is 9.80 Å². The molecule has 0 saturated carbocycles. The van der Waals surface area contributed by atoms with Crippen molar-refractivity contribution in [1.29, 1.82) is 0 Å². The molecule has 0 atom stereocenters. The number of carbonyl (C=O) groups excluding carboxylic acids is 1. The van der Waals surface area contributed by atoms with Gasteiger partial charge in [0.15, 0.2) is 0 Å². The number of piperazine rings is 1. The maximum Gasteiger partial charge on any atom is 0.257 e. The van der Waals surface area contributed by atoms with Gasteiger partial charge in [0.2, 0.25) is 0 Å². The van der Waals surface area contributed by atoms with Gasteiger partial charge >= 0.3 is 0 Å². The molecule has 1 amide bonds. The quantitative estimate of drug-likeness (QED) is 0.931. The molecule has 3 rings (SSSR count). The molecule has 0 unspecified atom stereocenters. The first-order valence-corrected chi connectivity index (χ1v) is 8.93. The van der Waals surface area contributed by atoms with Crippen LogP contribution in [0.3, 0.4) is 0 Å². The van der Waals surface area contributed by atoms with E-state index in [1.54, 1.807) is 6.07 Å². The van der Waals surface area contributed by atoms with Crippen molar-refractivity contribution in [3.63, 3.8) is 0 Å². The van der Waals surface area contributed by atoms with E-state index in [0.29, 0.717) is 24.7 Å². The number of phenolic OH excluding ortho intramolecular Hbond substituents is 1. The number of carbonyl (C=O) groups is 1. The van der Waals surface area contributed by atoms with Gasteiger partial charge in [-0.25, -0.2) is 0 Å². The molecule has 0 aromatic heterocycles. The highest BCUT2D eigenvalue weighted by molar-refractivity contribution is 5.97.